The lowest BCUT2D eigenvalue weighted by atomic mass is 9.97. The van der Waals surface area contributed by atoms with Crippen LogP contribution < -0.4 is 0 Å². The molecule has 1 N–H and O–H groups in total. The van der Waals surface area contributed by atoms with Gasteiger partial charge in [-0.05, 0) is 23.6 Å². The van der Waals surface area contributed by atoms with Gasteiger partial charge in [-0.2, -0.15) is 5.10 Å². The van der Waals surface area contributed by atoms with E-state index in [4.69, 9.17) is 0 Å². The fourth-order valence-electron chi connectivity index (χ4n) is 2.84. The minimum absolute atomic E-state index is 0.193. The number of carbonyl (C=O) groups is 1. The van der Waals surface area contributed by atoms with Gasteiger partial charge >= 0.3 is 5.97 Å². The topological polar surface area (TPSA) is 89.3 Å². The van der Waals surface area contributed by atoms with Crippen LogP contribution in [0.2, 0.25) is 0 Å². The number of aromatic nitrogens is 2. The fourth-order valence-corrected chi connectivity index (χ4v) is 4.42. The summed E-state index contributed by atoms with van der Waals surface area (Å²) in [5.41, 5.74) is 2.18. The molecule has 0 atom stereocenters. The Bertz CT molecular complexity index is 895. The van der Waals surface area contributed by atoms with Crippen molar-refractivity contribution in [3.05, 3.63) is 35.0 Å². The molecule has 0 unspecified atom stereocenters. The summed E-state index contributed by atoms with van der Waals surface area (Å²) in [4.78, 5) is 11.6. The molecule has 0 radical (unpaired) electrons. The maximum atomic E-state index is 12.5. The molecule has 0 spiro atoms. The van der Waals surface area contributed by atoms with Crippen LogP contribution in [0, 0.1) is 0 Å². The SMILES string of the molecule is CC(C)c1ccc2c(c1)-c1c(c(C(=O)O)nn1C)CS2(=O)=O. The van der Waals surface area contributed by atoms with Crippen molar-refractivity contribution >= 4 is 15.8 Å². The van der Waals surface area contributed by atoms with Gasteiger partial charge in [0, 0.05) is 18.2 Å². The number of rotatable bonds is 2. The molecule has 2 aromatic rings. The molecule has 6 nitrogen and oxygen atoms in total. The van der Waals surface area contributed by atoms with Gasteiger partial charge in [-0.3, -0.25) is 4.68 Å². The van der Waals surface area contributed by atoms with E-state index < -0.39 is 15.8 Å². The van der Waals surface area contributed by atoms with Crippen LogP contribution in [0.1, 0.15) is 41.4 Å². The summed E-state index contributed by atoms with van der Waals surface area (Å²) in [6.45, 7) is 4.04. The number of nitrogens with zero attached hydrogens (tertiary/aromatic N) is 2. The maximum absolute atomic E-state index is 12.5. The van der Waals surface area contributed by atoms with Crippen LogP contribution >= 0.6 is 0 Å². The van der Waals surface area contributed by atoms with Crippen molar-refractivity contribution in [2.45, 2.75) is 30.4 Å². The van der Waals surface area contributed by atoms with Gasteiger partial charge in [-0.1, -0.05) is 19.9 Å². The Kier molecular flexibility index (Phi) is 3.14. The van der Waals surface area contributed by atoms with E-state index in [0.29, 0.717) is 11.3 Å². The predicted molar refractivity (Wildman–Crippen MR) is 80.6 cm³/mol. The Balaban J connectivity index is 2.39. The number of hydrogen-bond donors (Lipinski definition) is 1. The van der Waals surface area contributed by atoms with Crippen LogP contribution in [0.15, 0.2) is 23.1 Å². The first-order valence-corrected chi connectivity index (χ1v) is 8.54. The van der Waals surface area contributed by atoms with Crippen molar-refractivity contribution in [2.75, 3.05) is 0 Å². The van der Waals surface area contributed by atoms with Crippen molar-refractivity contribution < 1.29 is 18.3 Å². The lowest BCUT2D eigenvalue weighted by Crippen LogP contribution is -2.15. The normalized spacial score (nSPS) is 15.5. The van der Waals surface area contributed by atoms with Gasteiger partial charge in [0.2, 0.25) is 0 Å². The van der Waals surface area contributed by atoms with E-state index in [1.54, 1.807) is 19.2 Å². The largest absolute Gasteiger partial charge is 0.476 e. The second kappa shape index (κ2) is 4.67. The third-order valence-corrected chi connectivity index (χ3v) is 5.64. The Hall–Kier alpha value is -2.15. The first-order chi connectivity index (χ1) is 10.2. The van der Waals surface area contributed by atoms with Crippen molar-refractivity contribution in [1.82, 2.24) is 9.78 Å². The molecule has 1 aliphatic heterocycles. The number of aryl methyl sites for hydroxylation is 1. The smallest absolute Gasteiger partial charge is 0.356 e. The van der Waals surface area contributed by atoms with Crippen molar-refractivity contribution in [2.24, 2.45) is 7.05 Å². The second-order valence-electron chi connectivity index (χ2n) is 5.77. The Morgan fingerprint density at radius 3 is 2.64 bits per heavy atom. The summed E-state index contributed by atoms with van der Waals surface area (Å²) in [6, 6.07) is 5.24. The monoisotopic (exact) mass is 320 g/mol. The third-order valence-electron chi connectivity index (χ3n) is 3.94. The number of carboxylic acid groups (broad SMARTS) is 1. The van der Waals surface area contributed by atoms with Crippen LogP contribution in [0.4, 0.5) is 0 Å². The molecule has 7 heteroatoms. The molecule has 3 rings (SSSR count). The molecular formula is C15H16N2O4S. The quantitative estimate of drug-likeness (QED) is 0.916. The summed E-state index contributed by atoms with van der Waals surface area (Å²) in [6.07, 6.45) is 0. The highest BCUT2D eigenvalue weighted by molar-refractivity contribution is 7.90. The standard InChI is InChI=1S/C15H16N2O4S/c1-8(2)9-4-5-12-10(6-9)14-11(7-22(12,20)21)13(15(18)19)16-17(14)3/h4-6,8H,7H2,1-3H3,(H,18,19). The zero-order valence-electron chi connectivity index (χ0n) is 12.5. The predicted octanol–water partition coefficient (Wildman–Crippen LogP) is 2.20. The molecular weight excluding hydrogens is 304 g/mol. The molecule has 1 aliphatic rings. The number of carboxylic acids is 1. The second-order valence-corrected chi connectivity index (χ2v) is 7.73. The van der Waals surface area contributed by atoms with E-state index in [-0.39, 0.29) is 27.8 Å². The lowest BCUT2D eigenvalue weighted by Gasteiger charge is -2.19. The molecule has 1 aromatic carbocycles. The lowest BCUT2D eigenvalue weighted by molar-refractivity contribution is 0.0689. The average molecular weight is 320 g/mol. The molecule has 2 heterocycles. The third kappa shape index (κ3) is 2.04. The van der Waals surface area contributed by atoms with Crippen molar-refractivity contribution in [3.63, 3.8) is 0 Å². The highest BCUT2D eigenvalue weighted by atomic mass is 32.2. The van der Waals surface area contributed by atoms with Gasteiger partial charge in [-0.25, -0.2) is 13.2 Å². The van der Waals surface area contributed by atoms with E-state index in [1.165, 1.54) is 4.68 Å². The zero-order valence-corrected chi connectivity index (χ0v) is 13.3. The van der Waals surface area contributed by atoms with Gasteiger partial charge in [0.05, 0.1) is 16.3 Å². The molecule has 1 aromatic heterocycles. The number of hydrogen-bond acceptors (Lipinski definition) is 4. The van der Waals surface area contributed by atoms with Crippen molar-refractivity contribution in [1.29, 1.82) is 0 Å². The minimum Gasteiger partial charge on any atom is -0.476 e. The summed E-state index contributed by atoms with van der Waals surface area (Å²) < 4.78 is 26.4. The first-order valence-electron chi connectivity index (χ1n) is 6.88. The van der Waals surface area contributed by atoms with Crippen LogP contribution in [-0.4, -0.2) is 29.3 Å². The van der Waals surface area contributed by atoms with Gasteiger partial charge in [0.15, 0.2) is 15.5 Å². The summed E-state index contributed by atoms with van der Waals surface area (Å²) >= 11 is 0. The molecule has 0 amide bonds. The fraction of sp³-hybridized carbons (Fsp3) is 0.333. The van der Waals surface area contributed by atoms with Gasteiger partial charge in [0.25, 0.3) is 0 Å². The Morgan fingerprint density at radius 1 is 1.36 bits per heavy atom. The molecule has 0 saturated carbocycles. The number of benzene rings is 1. The van der Waals surface area contributed by atoms with Crippen molar-refractivity contribution in [3.8, 4) is 11.3 Å². The highest BCUT2D eigenvalue weighted by Crippen LogP contribution is 2.40. The van der Waals surface area contributed by atoms with Gasteiger partial charge < -0.3 is 5.11 Å². The average Bonchev–Trinajstić information content (AvgIpc) is 2.74. The van der Waals surface area contributed by atoms with Gasteiger partial charge in [-0.15, -0.1) is 0 Å². The summed E-state index contributed by atoms with van der Waals surface area (Å²) in [5.74, 6) is -1.30. The van der Waals surface area contributed by atoms with Crippen LogP contribution in [0.25, 0.3) is 11.3 Å². The summed E-state index contributed by atoms with van der Waals surface area (Å²) in [5, 5.41) is 13.2. The number of aromatic carboxylic acids is 1. The summed E-state index contributed by atoms with van der Waals surface area (Å²) in [7, 11) is -1.92. The van der Waals surface area contributed by atoms with E-state index in [0.717, 1.165) is 5.56 Å². The molecule has 22 heavy (non-hydrogen) atoms. The Morgan fingerprint density at radius 2 is 2.05 bits per heavy atom. The molecule has 0 aliphatic carbocycles. The highest BCUT2D eigenvalue weighted by Gasteiger charge is 2.35. The maximum Gasteiger partial charge on any atom is 0.356 e. The zero-order chi connectivity index (χ0) is 16.2. The number of sulfone groups is 1. The van der Waals surface area contributed by atoms with E-state index >= 15 is 0 Å². The molecule has 0 saturated heterocycles. The van der Waals surface area contributed by atoms with Crippen LogP contribution in [-0.2, 0) is 22.6 Å². The van der Waals surface area contributed by atoms with E-state index in [1.807, 2.05) is 19.9 Å². The van der Waals surface area contributed by atoms with E-state index in [9.17, 15) is 18.3 Å². The molecule has 0 fully saturated rings. The first kappa shape index (κ1) is 14.8. The van der Waals surface area contributed by atoms with Gasteiger partial charge in [0.1, 0.15) is 0 Å². The molecule has 116 valence electrons. The van der Waals surface area contributed by atoms with Crippen LogP contribution in [0.3, 0.4) is 0 Å². The van der Waals surface area contributed by atoms with Crippen LogP contribution in [0.5, 0.6) is 0 Å². The minimum atomic E-state index is -3.56. The Labute approximate surface area is 128 Å². The van der Waals surface area contributed by atoms with E-state index in [2.05, 4.69) is 5.10 Å². The molecule has 0 bridgehead atoms. The number of fused-ring (bicyclic) bond motifs is 3.